The summed E-state index contributed by atoms with van der Waals surface area (Å²) in [5.41, 5.74) is -0.543. The number of rotatable bonds is 2. The van der Waals surface area contributed by atoms with E-state index in [0.717, 1.165) is 0 Å². The van der Waals surface area contributed by atoms with Crippen molar-refractivity contribution in [3.63, 3.8) is 0 Å². The quantitative estimate of drug-likeness (QED) is 0.339. The zero-order valence-electron chi connectivity index (χ0n) is 6.88. The molecule has 0 N–H and O–H groups in total. The second-order valence-electron chi connectivity index (χ2n) is 3.06. The van der Waals surface area contributed by atoms with Crippen molar-refractivity contribution in [2.75, 3.05) is 6.73 Å². The van der Waals surface area contributed by atoms with Gasteiger partial charge in [-0.15, -0.1) is 0 Å². The highest BCUT2D eigenvalue weighted by molar-refractivity contribution is 5.75. The second kappa shape index (κ2) is 3.88. The predicted molar refractivity (Wildman–Crippen MR) is 38.5 cm³/mol. The molecule has 0 saturated heterocycles. The first kappa shape index (κ1) is 9.85. The highest BCUT2D eigenvalue weighted by atomic mass is 16.5. The molecular weight excluding hydrogens is 146 g/mol. The van der Waals surface area contributed by atoms with E-state index < -0.39 is 5.41 Å². The van der Waals surface area contributed by atoms with Crippen LogP contribution in [0.15, 0.2) is 4.99 Å². The van der Waals surface area contributed by atoms with E-state index in [1.54, 1.807) is 20.8 Å². The van der Waals surface area contributed by atoms with Gasteiger partial charge in [-0.05, 0) is 20.8 Å². The maximum Gasteiger partial charge on any atom is 0.313 e. The van der Waals surface area contributed by atoms with Crippen molar-refractivity contribution in [2.24, 2.45) is 10.4 Å². The average molecular weight is 157 g/mol. The number of hydrogen-bond donors (Lipinski definition) is 0. The molecule has 62 valence electrons. The van der Waals surface area contributed by atoms with Gasteiger partial charge in [-0.3, -0.25) is 4.79 Å². The van der Waals surface area contributed by atoms with Gasteiger partial charge in [0, 0.05) is 0 Å². The first-order valence-electron chi connectivity index (χ1n) is 3.19. The molecule has 0 aliphatic rings. The Bertz CT molecular complexity index is 186. The Hall–Kier alpha value is -1.15. The average Bonchev–Trinajstić information content (AvgIpc) is 1.86. The number of esters is 1. The lowest BCUT2D eigenvalue weighted by Crippen LogP contribution is -2.22. The van der Waals surface area contributed by atoms with Crippen molar-refractivity contribution < 1.29 is 14.3 Å². The fourth-order valence-electron chi connectivity index (χ4n) is 0.334. The molecule has 0 aromatic heterocycles. The minimum Gasteiger partial charge on any atom is -0.441 e. The largest absolute Gasteiger partial charge is 0.441 e. The van der Waals surface area contributed by atoms with Gasteiger partial charge in [0.15, 0.2) is 6.73 Å². The standard InChI is InChI=1S/C7H11NO3/c1-7(2,3)6(10)11-5-8-4-9/h5H2,1-3H3. The lowest BCUT2D eigenvalue weighted by Gasteiger charge is -2.14. The molecule has 0 atom stereocenters. The Morgan fingerprint density at radius 3 is 2.45 bits per heavy atom. The summed E-state index contributed by atoms with van der Waals surface area (Å²) < 4.78 is 4.58. The summed E-state index contributed by atoms with van der Waals surface area (Å²) in [7, 11) is 0. The zero-order chi connectivity index (χ0) is 8.91. The Labute approximate surface area is 65.3 Å². The highest BCUT2D eigenvalue weighted by Crippen LogP contribution is 2.14. The van der Waals surface area contributed by atoms with Crippen LogP contribution in [0.5, 0.6) is 0 Å². The number of carbonyl (C=O) groups excluding carboxylic acids is 2. The van der Waals surface area contributed by atoms with Gasteiger partial charge in [0.1, 0.15) is 0 Å². The van der Waals surface area contributed by atoms with E-state index in [-0.39, 0.29) is 12.7 Å². The van der Waals surface area contributed by atoms with Crippen molar-refractivity contribution in [1.29, 1.82) is 0 Å². The molecule has 0 aliphatic carbocycles. The van der Waals surface area contributed by atoms with E-state index in [2.05, 4.69) is 9.73 Å². The number of nitrogens with zero attached hydrogens (tertiary/aromatic N) is 1. The van der Waals surface area contributed by atoms with Gasteiger partial charge in [0.2, 0.25) is 6.08 Å². The van der Waals surface area contributed by atoms with Gasteiger partial charge in [0.05, 0.1) is 5.41 Å². The summed E-state index contributed by atoms with van der Waals surface area (Å²) in [6, 6.07) is 0. The molecule has 11 heavy (non-hydrogen) atoms. The van der Waals surface area contributed by atoms with Gasteiger partial charge < -0.3 is 4.74 Å². The third-order valence-corrected chi connectivity index (χ3v) is 0.937. The normalized spacial score (nSPS) is 10.1. The van der Waals surface area contributed by atoms with Crippen molar-refractivity contribution in [2.45, 2.75) is 20.8 Å². The Morgan fingerprint density at radius 2 is 2.09 bits per heavy atom. The van der Waals surface area contributed by atoms with E-state index in [9.17, 15) is 9.59 Å². The van der Waals surface area contributed by atoms with Gasteiger partial charge >= 0.3 is 5.97 Å². The van der Waals surface area contributed by atoms with Crippen LogP contribution in [0, 0.1) is 5.41 Å². The van der Waals surface area contributed by atoms with E-state index in [1.807, 2.05) is 0 Å². The minimum atomic E-state index is -0.543. The van der Waals surface area contributed by atoms with Gasteiger partial charge in [-0.1, -0.05) is 0 Å². The van der Waals surface area contributed by atoms with Crippen molar-refractivity contribution in [3.8, 4) is 0 Å². The fourth-order valence-corrected chi connectivity index (χ4v) is 0.334. The van der Waals surface area contributed by atoms with Crippen LogP contribution in [-0.4, -0.2) is 18.8 Å². The van der Waals surface area contributed by atoms with E-state index in [4.69, 9.17) is 0 Å². The molecule has 0 aromatic rings. The number of ether oxygens (including phenoxy) is 1. The van der Waals surface area contributed by atoms with E-state index in [0.29, 0.717) is 0 Å². The topological polar surface area (TPSA) is 55.7 Å². The van der Waals surface area contributed by atoms with Crippen molar-refractivity contribution in [1.82, 2.24) is 0 Å². The van der Waals surface area contributed by atoms with Gasteiger partial charge in [0.25, 0.3) is 0 Å². The number of isocyanates is 1. The van der Waals surface area contributed by atoms with Crippen LogP contribution < -0.4 is 0 Å². The maximum absolute atomic E-state index is 10.9. The van der Waals surface area contributed by atoms with Crippen LogP contribution in [-0.2, 0) is 14.3 Å². The first-order valence-corrected chi connectivity index (χ1v) is 3.19. The molecule has 0 bridgehead atoms. The summed E-state index contributed by atoms with van der Waals surface area (Å²) in [6.07, 6.45) is 1.27. The molecule has 0 radical (unpaired) electrons. The molecule has 0 rings (SSSR count). The maximum atomic E-state index is 10.9. The lowest BCUT2D eigenvalue weighted by molar-refractivity contribution is -0.152. The SMILES string of the molecule is CC(C)(C)C(=O)OCN=C=O. The lowest BCUT2D eigenvalue weighted by atomic mass is 9.98. The van der Waals surface area contributed by atoms with Crippen LogP contribution in [0.2, 0.25) is 0 Å². The summed E-state index contributed by atoms with van der Waals surface area (Å²) >= 11 is 0. The molecular formula is C7H11NO3. The zero-order valence-corrected chi connectivity index (χ0v) is 6.88. The van der Waals surface area contributed by atoms with Crippen LogP contribution in [0.3, 0.4) is 0 Å². The van der Waals surface area contributed by atoms with Crippen LogP contribution >= 0.6 is 0 Å². The molecule has 4 nitrogen and oxygen atoms in total. The summed E-state index contributed by atoms with van der Waals surface area (Å²) in [6.45, 7) is 4.93. The fraction of sp³-hybridized carbons (Fsp3) is 0.714. The Morgan fingerprint density at radius 1 is 1.55 bits per heavy atom. The smallest absolute Gasteiger partial charge is 0.313 e. The van der Waals surface area contributed by atoms with Gasteiger partial charge in [-0.2, -0.15) is 4.99 Å². The number of aliphatic imine (C=N–C) groups is 1. The molecule has 0 amide bonds. The molecule has 4 heteroatoms. The Kier molecular flexibility index (Phi) is 3.48. The third kappa shape index (κ3) is 4.28. The summed E-state index contributed by atoms with van der Waals surface area (Å²) in [4.78, 5) is 23.6. The highest BCUT2D eigenvalue weighted by Gasteiger charge is 2.22. The first-order chi connectivity index (χ1) is 4.98. The van der Waals surface area contributed by atoms with E-state index >= 15 is 0 Å². The monoisotopic (exact) mass is 157 g/mol. The predicted octanol–water partition coefficient (Wildman–Crippen LogP) is 0.869. The molecule has 0 spiro atoms. The Balaban J connectivity index is 3.80. The van der Waals surface area contributed by atoms with Gasteiger partial charge in [-0.25, -0.2) is 4.79 Å². The molecule has 0 fully saturated rings. The van der Waals surface area contributed by atoms with Crippen molar-refractivity contribution in [3.05, 3.63) is 0 Å². The minimum absolute atomic E-state index is 0.237. The van der Waals surface area contributed by atoms with Crippen molar-refractivity contribution >= 4 is 12.0 Å². The van der Waals surface area contributed by atoms with Crippen LogP contribution in [0.25, 0.3) is 0 Å². The second-order valence-corrected chi connectivity index (χ2v) is 3.06. The molecule has 0 aromatic carbocycles. The number of hydrogen-bond acceptors (Lipinski definition) is 4. The van der Waals surface area contributed by atoms with Crippen LogP contribution in [0.4, 0.5) is 0 Å². The van der Waals surface area contributed by atoms with E-state index in [1.165, 1.54) is 6.08 Å². The molecule has 0 heterocycles. The summed E-state index contributed by atoms with van der Waals surface area (Å²) in [5.74, 6) is -0.378. The number of carbonyl (C=O) groups is 1. The molecule has 0 saturated carbocycles. The molecule has 0 unspecified atom stereocenters. The summed E-state index contributed by atoms with van der Waals surface area (Å²) in [5, 5.41) is 0. The van der Waals surface area contributed by atoms with Crippen LogP contribution in [0.1, 0.15) is 20.8 Å². The molecule has 0 aliphatic heterocycles. The third-order valence-electron chi connectivity index (χ3n) is 0.937.